The van der Waals surface area contributed by atoms with Crippen LogP contribution in [0.4, 0.5) is 0 Å². The normalized spacial score (nSPS) is 22.6. The van der Waals surface area contributed by atoms with Crippen LogP contribution in [-0.4, -0.2) is 41.8 Å². The van der Waals surface area contributed by atoms with Gasteiger partial charge >= 0.3 is 0 Å². The highest BCUT2D eigenvalue weighted by atomic mass is 16.5. The topological polar surface area (TPSA) is 45.6 Å². The molecule has 2 unspecified atom stereocenters. The molecule has 0 aromatic carbocycles. The van der Waals surface area contributed by atoms with Crippen molar-refractivity contribution in [2.24, 2.45) is 5.92 Å². The molecule has 2 rings (SSSR count). The Labute approximate surface area is 128 Å². The van der Waals surface area contributed by atoms with Crippen molar-refractivity contribution in [2.75, 3.05) is 20.7 Å². The lowest BCUT2D eigenvalue weighted by atomic mass is 9.86. The lowest BCUT2D eigenvalue weighted by Gasteiger charge is -2.31. The molecular formula is C17H28N2O2. The molecule has 1 aliphatic carbocycles. The summed E-state index contributed by atoms with van der Waals surface area (Å²) in [5.74, 6) is 1.34. The summed E-state index contributed by atoms with van der Waals surface area (Å²) < 4.78 is 5.47. The standard InChI is InChI=1S/C17H28N2O2/c1-12-9-18-15(13(2)17(12)21-4)11-19(3)10-14-7-5-6-8-16(14)20/h9,14,16,20H,5-8,10-11H2,1-4H3. The Morgan fingerprint density at radius 3 is 2.71 bits per heavy atom. The molecule has 1 aromatic rings. The first-order valence-corrected chi connectivity index (χ1v) is 7.88. The third-order valence-corrected chi connectivity index (χ3v) is 4.58. The summed E-state index contributed by atoms with van der Waals surface area (Å²) >= 11 is 0. The number of rotatable bonds is 5. The molecule has 0 saturated heterocycles. The number of ether oxygens (including phenoxy) is 1. The summed E-state index contributed by atoms with van der Waals surface area (Å²) in [6, 6.07) is 0. The maximum absolute atomic E-state index is 10.1. The quantitative estimate of drug-likeness (QED) is 0.906. The van der Waals surface area contributed by atoms with Crippen molar-refractivity contribution in [3.8, 4) is 5.75 Å². The van der Waals surface area contributed by atoms with Gasteiger partial charge in [-0.3, -0.25) is 4.98 Å². The zero-order chi connectivity index (χ0) is 15.4. The van der Waals surface area contributed by atoms with Crippen LogP contribution < -0.4 is 4.74 Å². The number of aliphatic hydroxyl groups excluding tert-OH is 1. The van der Waals surface area contributed by atoms with E-state index in [2.05, 4.69) is 23.9 Å². The molecule has 1 heterocycles. The SMILES string of the molecule is COc1c(C)cnc(CN(C)CC2CCCCC2O)c1C. The van der Waals surface area contributed by atoms with Crippen LogP contribution in [0.5, 0.6) is 5.75 Å². The van der Waals surface area contributed by atoms with Crippen molar-refractivity contribution in [2.45, 2.75) is 52.2 Å². The number of aliphatic hydroxyl groups is 1. The Bertz CT molecular complexity index is 476. The van der Waals surface area contributed by atoms with Gasteiger partial charge in [-0.2, -0.15) is 0 Å². The fourth-order valence-corrected chi connectivity index (χ4v) is 3.35. The molecule has 1 saturated carbocycles. The van der Waals surface area contributed by atoms with Gasteiger partial charge in [-0.15, -0.1) is 0 Å². The smallest absolute Gasteiger partial charge is 0.128 e. The first kappa shape index (κ1) is 16.2. The Morgan fingerprint density at radius 1 is 1.33 bits per heavy atom. The van der Waals surface area contributed by atoms with E-state index in [1.807, 2.05) is 13.1 Å². The predicted octanol–water partition coefficient (Wildman–Crippen LogP) is 2.69. The number of aromatic nitrogens is 1. The Balaban J connectivity index is 2.01. The number of hydrogen-bond acceptors (Lipinski definition) is 4. The van der Waals surface area contributed by atoms with Crippen LogP contribution in [0.2, 0.25) is 0 Å². The minimum atomic E-state index is -0.136. The van der Waals surface area contributed by atoms with Gasteiger partial charge in [-0.25, -0.2) is 0 Å². The molecule has 2 atom stereocenters. The number of nitrogens with zero attached hydrogens (tertiary/aromatic N) is 2. The van der Waals surface area contributed by atoms with Crippen LogP contribution in [-0.2, 0) is 6.54 Å². The Morgan fingerprint density at radius 2 is 2.05 bits per heavy atom. The van der Waals surface area contributed by atoms with Crippen LogP contribution in [0.25, 0.3) is 0 Å². The van der Waals surface area contributed by atoms with Crippen LogP contribution in [0.15, 0.2) is 6.20 Å². The monoisotopic (exact) mass is 292 g/mol. The van der Waals surface area contributed by atoms with Crippen molar-refractivity contribution in [1.82, 2.24) is 9.88 Å². The molecule has 4 heteroatoms. The molecule has 118 valence electrons. The average Bonchev–Trinajstić information content (AvgIpc) is 2.45. The van der Waals surface area contributed by atoms with E-state index in [0.717, 1.165) is 54.9 Å². The van der Waals surface area contributed by atoms with Crippen LogP contribution >= 0.6 is 0 Å². The van der Waals surface area contributed by atoms with E-state index >= 15 is 0 Å². The Kier molecular flexibility index (Phi) is 5.59. The highest BCUT2D eigenvalue weighted by Crippen LogP contribution is 2.27. The van der Waals surface area contributed by atoms with E-state index < -0.39 is 0 Å². The van der Waals surface area contributed by atoms with Gasteiger partial charge in [0.15, 0.2) is 0 Å². The van der Waals surface area contributed by atoms with E-state index in [0.29, 0.717) is 5.92 Å². The maximum atomic E-state index is 10.1. The summed E-state index contributed by atoms with van der Waals surface area (Å²) in [6.07, 6.45) is 6.23. The highest BCUT2D eigenvalue weighted by molar-refractivity contribution is 5.40. The number of pyridine rings is 1. The Hall–Kier alpha value is -1.13. The second kappa shape index (κ2) is 7.23. The minimum absolute atomic E-state index is 0.136. The fourth-order valence-electron chi connectivity index (χ4n) is 3.35. The van der Waals surface area contributed by atoms with Gasteiger partial charge in [0.05, 0.1) is 18.9 Å². The largest absolute Gasteiger partial charge is 0.496 e. The van der Waals surface area contributed by atoms with Crippen molar-refractivity contribution >= 4 is 0 Å². The molecule has 1 fully saturated rings. The van der Waals surface area contributed by atoms with Gasteiger partial charge < -0.3 is 14.7 Å². The average molecular weight is 292 g/mol. The third-order valence-electron chi connectivity index (χ3n) is 4.58. The van der Waals surface area contributed by atoms with Crippen molar-refractivity contribution in [3.63, 3.8) is 0 Å². The van der Waals surface area contributed by atoms with E-state index in [9.17, 15) is 5.11 Å². The predicted molar refractivity (Wildman–Crippen MR) is 84.6 cm³/mol. The van der Waals surface area contributed by atoms with Crippen LogP contribution in [0.1, 0.15) is 42.5 Å². The van der Waals surface area contributed by atoms with Gasteiger partial charge in [0.25, 0.3) is 0 Å². The minimum Gasteiger partial charge on any atom is -0.496 e. The molecule has 0 spiro atoms. The van der Waals surface area contributed by atoms with Gasteiger partial charge in [0, 0.05) is 30.4 Å². The fraction of sp³-hybridized carbons (Fsp3) is 0.706. The molecule has 4 nitrogen and oxygen atoms in total. The van der Waals surface area contributed by atoms with Gasteiger partial charge in [0.1, 0.15) is 5.75 Å². The van der Waals surface area contributed by atoms with Crippen molar-refractivity contribution in [3.05, 3.63) is 23.0 Å². The lowest BCUT2D eigenvalue weighted by molar-refractivity contribution is 0.0499. The van der Waals surface area contributed by atoms with E-state index in [4.69, 9.17) is 4.74 Å². The lowest BCUT2D eigenvalue weighted by Crippen LogP contribution is -2.35. The van der Waals surface area contributed by atoms with Crippen LogP contribution in [0.3, 0.4) is 0 Å². The summed E-state index contributed by atoms with van der Waals surface area (Å²) in [5, 5.41) is 10.1. The summed E-state index contributed by atoms with van der Waals surface area (Å²) in [6.45, 7) is 5.81. The highest BCUT2D eigenvalue weighted by Gasteiger charge is 2.24. The van der Waals surface area contributed by atoms with E-state index in [1.54, 1.807) is 7.11 Å². The van der Waals surface area contributed by atoms with Gasteiger partial charge in [-0.05, 0) is 39.7 Å². The first-order chi connectivity index (χ1) is 10.0. The number of methoxy groups -OCH3 is 1. The molecule has 21 heavy (non-hydrogen) atoms. The molecule has 1 aromatic heterocycles. The first-order valence-electron chi connectivity index (χ1n) is 7.88. The maximum Gasteiger partial charge on any atom is 0.128 e. The molecular weight excluding hydrogens is 264 g/mol. The summed E-state index contributed by atoms with van der Waals surface area (Å²) in [7, 11) is 3.82. The molecule has 0 bridgehead atoms. The second-order valence-corrected chi connectivity index (χ2v) is 6.35. The van der Waals surface area contributed by atoms with Crippen LogP contribution in [0, 0.1) is 19.8 Å². The van der Waals surface area contributed by atoms with Gasteiger partial charge in [0.2, 0.25) is 0 Å². The number of hydrogen-bond donors (Lipinski definition) is 1. The molecule has 1 N–H and O–H groups in total. The zero-order valence-electron chi connectivity index (χ0n) is 13.7. The molecule has 0 aliphatic heterocycles. The zero-order valence-corrected chi connectivity index (χ0v) is 13.7. The van der Waals surface area contributed by atoms with Crippen molar-refractivity contribution in [1.29, 1.82) is 0 Å². The van der Waals surface area contributed by atoms with E-state index in [1.165, 1.54) is 6.42 Å². The van der Waals surface area contributed by atoms with E-state index in [-0.39, 0.29) is 6.10 Å². The summed E-state index contributed by atoms with van der Waals surface area (Å²) in [4.78, 5) is 6.82. The number of aryl methyl sites for hydroxylation is 1. The molecule has 0 radical (unpaired) electrons. The summed E-state index contributed by atoms with van der Waals surface area (Å²) in [5.41, 5.74) is 3.25. The van der Waals surface area contributed by atoms with Gasteiger partial charge in [-0.1, -0.05) is 12.8 Å². The van der Waals surface area contributed by atoms with Crippen molar-refractivity contribution < 1.29 is 9.84 Å². The second-order valence-electron chi connectivity index (χ2n) is 6.35. The molecule has 0 amide bonds. The molecule has 1 aliphatic rings. The third kappa shape index (κ3) is 3.95.